The smallest absolute Gasteiger partial charge is 0.123 e. The molecular weight excluding hydrogens is 235 g/mol. The third-order valence-electron chi connectivity index (χ3n) is 3.03. The molecule has 2 nitrogen and oxygen atoms in total. The van der Waals surface area contributed by atoms with Gasteiger partial charge in [0.15, 0.2) is 0 Å². The van der Waals surface area contributed by atoms with Crippen LogP contribution in [0, 0.1) is 5.82 Å². The first kappa shape index (κ1) is 10.9. The Bertz CT molecular complexity index is 500. The van der Waals surface area contributed by atoms with Gasteiger partial charge in [0.1, 0.15) is 10.8 Å². The fourth-order valence-electron chi connectivity index (χ4n) is 2.11. The SMILES string of the molecule is Fc1ccc(-c2nc([C@@H]3CCCN3)cs2)cc1. The molecule has 0 spiro atoms. The van der Waals surface area contributed by atoms with Gasteiger partial charge in [0.05, 0.1) is 11.7 Å². The Morgan fingerprint density at radius 1 is 1.29 bits per heavy atom. The molecule has 0 aliphatic carbocycles. The van der Waals surface area contributed by atoms with E-state index in [0.29, 0.717) is 6.04 Å². The quantitative estimate of drug-likeness (QED) is 0.881. The van der Waals surface area contributed by atoms with E-state index in [0.717, 1.165) is 29.2 Å². The molecule has 17 heavy (non-hydrogen) atoms. The zero-order valence-corrected chi connectivity index (χ0v) is 10.1. The standard InChI is InChI=1S/C13H13FN2S/c14-10-5-3-9(4-6-10)13-16-12(8-17-13)11-2-1-7-15-11/h3-6,8,11,15H,1-2,7H2/t11-/m0/s1. The van der Waals surface area contributed by atoms with E-state index in [4.69, 9.17) is 0 Å². The Morgan fingerprint density at radius 3 is 2.82 bits per heavy atom. The predicted molar refractivity (Wildman–Crippen MR) is 67.5 cm³/mol. The summed E-state index contributed by atoms with van der Waals surface area (Å²) in [6, 6.07) is 6.91. The maximum Gasteiger partial charge on any atom is 0.123 e. The van der Waals surface area contributed by atoms with Crippen molar-refractivity contribution >= 4 is 11.3 Å². The second kappa shape index (κ2) is 4.55. The number of thiazole rings is 1. The van der Waals surface area contributed by atoms with E-state index in [2.05, 4.69) is 15.7 Å². The lowest BCUT2D eigenvalue weighted by molar-refractivity contribution is 0.627. The van der Waals surface area contributed by atoms with Gasteiger partial charge in [-0.15, -0.1) is 11.3 Å². The average Bonchev–Trinajstić information content (AvgIpc) is 3.00. The second-order valence-corrected chi connectivity index (χ2v) is 5.09. The first-order chi connectivity index (χ1) is 8.33. The van der Waals surface area contributed by atoms with E-state index in [1.165, 1.54) is 18.6 Å². The minimum atomic E-state index is -0.206. The van der Waals surface area contributed by atoms with Crippen LogP contribution in [0.4, 0.5) is 4.39 Å². The molecular formula is C13H13FN2S. The van der Waals surface area contributed by atoms with Crippen LogP contribution in [0.1, 0.15) is 24.6 Å². The van der Waals surface area contributed by atoms with Crippen molar-refractivity contribution in [2.75, 3.05) is 6.54 Å². The summed E-state index contributed by atoms with van der Waals surface area (Å²) in [6.07, 6.45) is 2.38. The van der Waals surface area contributed by atoms with Crippen molar-refractivity contribution in [3.05, 3.63) is 41.2 Å². The third kappa shape index (κ3) is 2.23. The number of halogens is 1. The molecule has 0 unspecified atom stereocenters. The monoisotopic (exact) mass is 248 g/mol. The highest BCUT2D eigenvalue weighted by Gasteiger charge is 2.19. The summed E-state index contributed by atoms with van der Waals surface area (Å²) in [4.78, 5) is 4.63. The molecule has 0 radical (unpaired) electrons. The number of benzene rings is 1. The van der Waals surface area contributed by atoms with E-state index in [9.17, 15) is 4.39 Å². The van der Waals surface area contributed by atoms with Gasteiger partial charge in [0, 0.05) is 10.9 Å². The minimum Gasteiger partial charge on any atom is -0.309 e. The van der Waals surface area contributed by atoms with Gasteiger partial charge in [-0.3, -0.25) is 0 Å². The van der Waals surface area contributed by atoms with E-state index in [1.807, 2.05) is 0 Å². The van der Waals surface area contributed by atoms with Crippen molar-refractivity contribution in [2.45, 2.75) is 18.9 Å². The Balaban J connectivity index is 1.86. The highest BCUT2D eigenvalue weighted by atomic mass is 32.1. The van der Waals surface area contributed by atoms with Crippen molar-refractivity contribution in [1.82, 2.24) is 10.3 Å². The van der Waals surface area contributed by atoms with Gasteiger partial charge >= 0.3 is 0 Å². The maximum atomic E-state index is 12.8. The molecule has 88 valence electrons. The lowest BCUT2D eigenvalue weighted by Crippen LogP contribution is -2.12. The summed E-state index contributed by atoms with van der Waals surface area (Å²) >= 11 is 1.62. The van der Waals surface area contributed by atoms with E-state index < -0.39 is 0 Å². The normalized spacial score (nSPS) is 19.7. The van der Waals surface area contributed by atoms with E-state index >= 15 is 0 Å². The molecule has 1 atom stereocenters. The molecule has 1 fully saturated rings. The molecule has 0 bridgehead atoms. The van der Waals surface area contributed by atoms with Gasteiger partial charge in [-0.05, 0) is 43.7 Å². The largest absolute Gasteiger partial charge is 0.309 e. The van der Waals surface area contributed by atoms with Gasteiger partial charge in [-0.25, -0.2) is 9.37 Å². The van der Waals surface area contributed by atoms with E-state index in [1.54, 1.807) is 23.5 Å². The predicted octanol–water partition coefficient (Wildman–Crippen LogP) is 3.37. The summed E-state index contributed by atoms with van der Waals surface area (Å²) in [6.45, 7) is 1.08. The summed E-state index contributed by atoms with van der Waals surface area (Å²) in [5.74, 6) is -0.206. The lowest BCUT2D eigenvalue weighted by Gasteiger charge is -2.04. The van der Waals surface area contributed by atoms with Crippen molar-refractivity contribution < 1.29 is 4.39 Å². The Hall–Kier alpha value is -1.26. The summed E-state index contributed by atoms with van der Waals surface area (Å²) in [5.41, 5.74) is 2.10. The van der Waals surface area contributed by atoms with Crippen LogP contribution in [0.3, 0.4) is 0 Å². The first-order valence-corrected chi connectivity index (χ1v) is 6.65. The van der Waals surface area contributed by atoms with E-state index in [-0.39, 0.29) is 5.82 Å². The average molecular weight is 248 g/mol. The van der Waals surface area contributed by atoms with Gasteiger partial charge in [0.25, 0.3) is 0 Å². The van der Waals surface area contributed by atoms with Crippen LogP contribution in [-0.4, -0.2) is 11.5 Å². The molecule has 2 aromatic rings. The number of hydrogen-bond donors (Lipinski definition) is 1. The van der Waals surface area contributed by atoms with Crippen LogP contribution in [-0.2, 0) is 0 Å². The maximum absolute atomic E-state index is 12.8. The molecule has 1 saturated heterocycles. The second-order valence-electron chi connectivity index (χ2n) is 4.23. The number of nitrogens with zero attached hydrogens (tertiary/aromatic N) is 1. The fourth-order valence-corrected chi connectivity index (χ4v) is 2.99. The van der Waals surface area contributed by atoms with Crippen molar-refractivity contribution in [2.24, 2.45) is 0 Å². The summed E-state index contributed by atoms with van der Waals surface area (Å²) in [5, 5.41) is 6.50. The Kier molecular flexibility index (Phi) is 2.91. The molecule has 1 aromatic carbocycles. The van der Waals surface area contributed by atoms with Crippen molar-refractivity contribution in [3.63, 3.8) is 0 Å². The van der Waals surface area contributed by atoms with Crippen LogP contribution in [0.25, 0.3) is 10.6 Å². The molecule has 1 aliphatic rings. The first-order valence-electron chi connectivity index (χ1n) is 5.78. The fraction of sp³-hybridized carbons (Fsp3) is 0.308. The number of rotatable bonds is 2. The molecule has 3 rings (SSSR count). The van der Waals surface area contributed by atoms with Crippen LogP contribution < -0.4 is 5.32 Å². The zero-order chi connectivity index (χ0) is 11.7. The van der Waals surface area contributed by atoms with Gasteiger partial charge in [-0.2, -0.15) is 0 Å². The van der Waals surface area contributed by atoms with Crippen molar-refractivity contribution in [3.8, 4) is 10.6 Å². The zero-order valence-electron chi connectivity index (χ0n) is 9.32. The number of aromatic nitrogens is 1. The Morgan fingerprint density at radius 2 is 2.12 bits per heavy atom. The molecule has 1 aromatic heterocycles. The molecule has 0 amide bonds. The molecule has 2 heterocycles. The number of hydrogen-bond acceptors (Lipinski definition) is 3. The summed E-state index contributed by atoms with van der Waals surface area (Å²) in [7, 11) is 0. The van der Waals surface area contributed by atoms with Gasteiger partial charge < -0.3 is 5.32 Å². The van der Waals surface area contributed by atoms with Gasteiger partial charge in [-0.1, -0.05) is 0 Å². The van der Waals surface area contributed by atoms with Crippen LogP contribution in [0.2, 0.25) is 0 Å². The highest BCUT2D eigenvalue weighted by Crippen LogP contribution is 2.29. The van der Waals surface area contributed by atoms with Crippen LogP contribution >= 0.6 is 11.3 Å². The van der Waals surface area contributed by atoms with Crippen LogP contribution in [0.5, 0.6) is 0 Å². The molecule has 1 aliphatic heterocycles. The molecule has 1 N–H and O–H groups in total. The van der Waals surface area contributed by atoms with Crippen LogP contribution in [0.15, 0.2) is 29.6 Å². The lowest BCUT2D eigenvalue weighted by atomic mass is 10.2. The third-order valence-corrected chi connectivity index (χ3v) is 3.94. The van der Waals surface area contributed by atoms with Crippen molar-refractivity contribution in [1.29, 1.82) is 0 Å². The molecule has 0 saturated carbocycles. The van der Waals surface area contributed by atoms with Gasteiger partial charge in [0.2, 0.25) is 0 Å². The minimum absolute atomic E-state index is 0.206. The highest BCUT2D eigenvalue weighted by molar-refractivity contribution is 7.13. The molecule has 4 heteroatoms. The topological polar surface area (TPSA) is 24.9 Å². The number of nitrogens with one attached hydrogen (secondary N) is 1. The Labute approximate surface area is 104 Å². The summed E-state index contributed by atoms with van der Waals surface area (Å²) < 4.78 is 12.8.